The third-order valence-electron chi connectivity index (χ3n) is 3.73. The summed E-state index contributed by atoms with van der Waals surface area (Å²) in [4.78, 5) is 10.8. The highest BCUT2D eigenvalue weighted by Gasteiger charge is 2.23. The van der Waals surface area contributed by atoms with Crippen molar-refractivity contribution in [1.82, 2.24) is 9.78 Å². The lowest BCUT2D eigenvalue weighted by molar-refractivity contribution is -0.384. The number of nitro benzene ring substituents is 1. The quantitative estimate of drug-likeness (QED) is 0.660. The highest BCUT2D eigenvalue weighted by atomic mass is 79.9. The Balaban J connectivity index is 1.91. The molecular weight excluding hydrogens is 352 g/mol. The molecular formula is C14H15BrN4O3. The maximum atomic E-state index is 11.2. The van der Waals surface area contributed by atoms with E-state index in [2.05, 4.69) is 26.3 Å². The van der Waals surface area contributed by atoms with Gasteiger partial charge in [0.2, 0.25) is 0 Å². The Kier molecular flexibility index (Phi) is 4.12. The van der Waals surface area contributed by atoms with E-state index in [9.17, 15) is 10.1 Å². The van der Waals surface area contributed by atoms with Crippen LogP contribution in [0.1, 0.15) is 18.2 Å². The normalized spacial score (nSPS) is 17.6. The summed E-state index contributed by atoms with van der Waals surface area (Å²) in [6, 6.07) is 5.31. The summed E-state index contributed by atoms with van der Waals surface area (Å²) in [5.74, 6) is 0. The van der Waals surface area contributed by atoms with Gasteiger partial charge >= 0.3 is 5.69 Å². The topological polar surface area (TPSA) is 82.2 Å². The van der Waals surface area contributed by atoms with Gasteiger partial charge in [-0.15, -0.1) is 0 Å². The molecule has 0 radical (unpaired) electrons. The molecule has 1 unspecified atom stereocenters. The van der Waals surface area contributed by atoms with Gasteiger partial charge in [-0.25, -0.2) is 0 Å². The molecule has 0 aliphatic carbocycles. The van der Waals surface area contributed by atoms with Gasteiger partial charge in [-0.2, -0.15) is 5.10 Å². The maximum absolute atomic E-state index is 11.2. The van der Waals surface area contributed by atoms with Crippen LogP contribution in [0.4, 0.5) is 17.1 Å². The third-order valence-corrected chi connectivity index (χ3v) is 4.37. The van der Waals surface area contributed by atoms with Gasteiger partial charge in [0.25, 0.3) is 0 Å². The van der Waals surface area contributed by atoms with Crippen LogP contribution in [0, 0.1) is 17.0 Å². The van der Waals surface area contributed by atoms with E-state index >= 15 is 0 Å². The number of nitrogens with one attached hydrogen (secondary N) is 1. The fourth-order valence-corrected chi connectivity index (χ4v) is 3.09. The van der Waals surface area contributed by atoms with Crippen molar-refractivity contribution in [2.24, 2.45) is 0 Å². The standard InChI is InChI=1S/C14H15BrN4O3/c1-9-13(7-16-18(9)10-5-6-22-8-10)17-12-4-2-3-11(15)14(12)19(20)21/h2-4,7,10,17H,5-6,8H2,1H3. The van der Waals surface area contributed by atoms with Crippen molar-refractivity contribution in [2.45, 2.75) is 19.4 Å². The SMILES string of the molecule is Cc1c(Nc2cccc(Br)c2[N+](=O)[O-])cnn1C1CCOC1. The predicted octanol–water partition coefficient (Wildman–Crippen LogP) is 3.57. The van der Waals surface area contributed by atoms with Gasteiger partial charge in [-0.1, -0.05) is 6.07 Å². The number of ether oxygens (including phenoxy) is 1. The molecule has 3 rings (SSSR count). The zero-order valence-electron chi connectivity index (χ0n) is 12.0. The summed E-state index contributed by atoms with van der Waals surface area (Å²) < 4.78 is 7.74. The summed E-state index contributed by atoms with van der Waals surface area (Å²) in [5.41, 5.74) is 2.14. The molecule has 2 heterocycles. The van der Waals surface area contributed by atoms with Crippen LogP contribution in [0.2, 0.25) is 0 Å². The number of aromatic nitrogens is 2. The Morgan fingerprint density at radius 1 is 1.50 bits per heavy atom. The minimum absolute atomic E-state index is 0.0128. The van der Waals surface area contributed by atoms with Gasteiger partial charge in [-0.05, 0) is 41.4 Å². The number of nitro groups is 1. The molecule has 1 aromatic heterocycles. The highest BCUT2D eigenvalue weighted by Crippen LogP contribution is 2.35. The minimum atomic E-state index is -0.406. The first kappa shape index (κ1) is 15.0. The van der Waals surface area contributed by atoms with E-state index in [4.69, 9.17) is 4.74 Å². The van der Waals surface area contributed by atoms with Gasteiger partial charge in [0.15, 0.2) is 0 Å². The van der Waals surface area contributed by atoms with Crippen LogP contribution in [0.15, 0.2) is 28.9 Å². The lowest BCUT2D eigenvalue weighted by Crippen LogP contribution is -2.12. The van der Waals surface area contributed by atoms with E-state index in [0.29, 0.717) is 16.8 Å². The van der Waals surface area contributed by atoms with Crippen LogP contribution >= 0.6 is 15.9 Å². The second-order valence-corrected chi connectivity index (χ2v) is 5.98. The average molecular weight is 367 g/mol. The summed E-state index contributed by atoms with van der Waals surface area (Å²) in [6.07, 6.45) is 2.62. The zero-order valence-corrected chi connectivity index (χ0v) is 13.5. The van der Waals surface area contributed by atoms with Crippen LogP contribution in [0.25, 0.3) is 0 Å². The Morgan fingerprint density at radius 3 is 3.00 bits per heavy atom. The molecule has 1 aromatic carbocycles. The molecule has 0 bridgehead atoms. The van der Waals surface area contributed by atoms with Gasteiger partial charge < -0.3 is 10.1 Å². The van der Waals surface area contributed by atoms with E-state index in [1.165, 1.54) is 0 Å². The van der Waals surface area contributed by atoms with Gasteiger partial charge in [0, 0.05) is 6.61 Å². The first-order chi connectivity index (χ1) is 10.6. The molecule has 2 aromatic rings. The number of rotatable bonds is 4. The van der Waals surface area contributed by atoms with Gasteiger partial charge in [-0.3, -0.25) is 14.8 Å². The Labute approximate surface area is 135 Å². The number of halogens is 1. The Hall–Kier alpha value is -1.93. The number of para-hydroxylation sites is 1. The highest BCUT2D eigenvalue weighted by molar-refractivity contribution is 9.10. The second kappa shape index (κ2) is 6.05. The van der Waals surface area contributed by atoms with Crippen molar-refractivity contribution in [3.05, 3.63) is 44.7 Å². The lowest BCUT2D eigenvalue weighted by Gasteiger charge is -2.12. The number of nitrogens with zero attached hydrogens (tertiary/aromatic N) is 3. The van der Waals surface area contributed by atoms with Crippen LogP contribution in [0.5, 0.6) is 0 Å². The molecule has 1 aliphatic rings. The first-order valence-corrected chi connectivity index (χ1v) is 7.69. The smallest absolute Gasteiger partial charge is 0.306 e. The molecule has 1 N–H and O–H groups in total. The minimum Gasteiger partial charge on any atom is -0.379 e. The Morgan fingerprint density at radius 2 is 2.32 bits per heavy atom. The van der Waals surface area contributed by atoms with E-state index in [1.807, 2.05) is 11.6 Å². The average Bonchev–Trinajstić information content (AvgIpc) is 3.09. The molecule has 1 atom stereocenters. The summed E-state index contributed by atoms with van der Waals surface area (Å²) in [5, 5.41) is 18.7. The van der Waals surface area contributed by atoms with Crippen molar-refractivity contribution in [1.29, 1.82) is 0 Å². The lowest BCUT2D eigenvalue weighted by atomic mass is 10.2. The van der Waals surface area contributed by atoms with E-state index in [1.54, 1.807) is 24.4 Å². The van der Waals surface area contributed by atoms with Crippen LogP contribution in [-0.4, -0.2) is 27.9 Å². The van der Waals surface area contributed by atoms with Crippen molar-refractivity contribution in [2.75, 3.05) is 18.5 Å². The number of anilines is 2. The van der Waals surface area contributed by atoms with Gasteiger partial charge in [0.1, 0.15) is 5.69 Å². The molecule has 0 spiro atoms. The number of benzene rings is 1. The van der Waals surface area contributed by atoms with Crippen molar-refractivity contribution in [3.63, 3.8) is 0 Å². The Bertz CT molecular complexity index is 710. The fraction of sp³-hybridized carbons (Fsp3) is 0.357. The predicted molar refractivity (Wildman–Crippen MR) is 85.5 cm³/mol. The van der Waals surface area contributed by atoms with Crippen molar-refractivity contribution in [3.8, 4) is 0 Å². The van der Waals surface area contributed by atoms with E-state index in [0.717, 1.165) is 24.4 Å². The molecule has 1 aliphatic heterocycles. The van der Waals surface area contributed by atoms with E-state index in [-0.39, 0.29) is 11.7 Å². The molecule has 8 heteroatoms. The third kappa shape index (κ3) is 2.71. The summed E-state index contributed by atoms with van der Waals surface area (Å²) in [6.45, 7) is 3.33. The van der Waals surface area contributed by atoms with Crippen LogP contribution in [0.3, 0.4) is 0 Å². The zero-order chi connectivity index (χ0) is 15.7. The van der Waals surface area contributed by atoms with Crippen LogP contribution in [-0.2, 0) is 4.74 Å². The van der Waals surface area contributed by atoms with Crippen LogP contribution < -0.4 is 5.32 Å². The molecule has 7 nitrogen and oxygen atoms in total. The first-order valence-electron chi connectivity index (χ1n) is 6.89. The van der Waals surface area contributed by atoms with Gasteiger partial charge in [0.05, 0.1) is 39.6 Å². The largest absolute Gasteiger partial charge is 0.379 e. The van der Waals surface area contributed by atoms with Crippen molar-refractivity contribution >= 4 is 33.0 Å². The molecule has 0 amide bonds. The van der Waals surface area contributed by atoms with E-state index < -0.39 is 4.92 Å². The molecule has 116 valence electrons. The molecule has 1 saturated heterocycles. The molecule has 22 heavy (non-hydrogen) atoms. The molecule has 0 saturated carbocycles. The number of hydrogen-bond acceptors (Lipinski definition) is 5. The number of hydrogen-bond donors (Lipinski definition) is 1. The van der Waals surface area contributed by atoms with Crippen molar-refractivity contribution < 1.29 is 9.66 Å². The summed E-state index contributed by atoms with van der Waals surface area (Å²) in [7, 11) is 0. The second-order valence-electron chi connectivity index (χ2n) is 5.12. The maximum Gasteiger partial charge on any atom is 0.306 e. The summed E-state index contributed by atoms with van der Waals surface area (Å²) >= 11 is 3.22. The fourth-order valence-electron chi connectivity index (χ4n) is 2.58. The molecule has 1 fully saturated rings. The monoisotopic (exact) mass is 366 g/mol.